The Morgan fingerprint density at radius 2 is 1.90 bits per heavy atom. The molecule has 1 aliphatic carbocycles. The van der Waals surface area contributed by atoms with Crippen LogP contribution >= 0.6 is 11.6 Å². The van der Waals surface area contributed by atoms with Gasteiger partial charge in [0.05, 0.1) is 0 Å². The van der Waals surface area contributed by atoms with E-state index >= 15 is 0 Å². The Balaban J connectivity index is 1.93. The molecule has 1 aromatic rings. The maximum Gasteiger partial charge on any atom is 0.0406 e. The Morgan fingerprint density at radius 3 is 2.43 bits per heavy atom. The molecule has 0 radical (unpaired) electrons. The van der Waals surface area contributed by atoms with Gasteiger partial charge < -0.3 is 10.2 Å². The Morgan fingerprint density at radius 1 is 1.24 bits per heavy atom. The second-order valence-corrected chi connectivity index (χ2v) is 7.01. The number of rotatable bonds is 9. The first kappa shape index (κ1) is 16.8. The van der Waals surface area contributed by atoms with Gasteiger partial charge in [0, 0.05) is 30.2 Å². The molecule has 0 spiro atoms. The lowest BCUT2D eigenvalue weighted by Crippen LogP contribution is -2.33. The zero-order valence-corrected chi connectivity index (χ0v) is 14.4. The van der Waals surface area contributed by atoms with Gasteiger partial charge >= 0.3 is 0 Å². The summed E-state index contributed by atoms with van der Waals surface area (Å²) in [5, 5.41) is 4.43. The van der Waals surface area contributed by atoms with Gasteiger partial charge in [-0.25, -0.2) is 0 Å². The molecule has 0 saturated heterocycles. The van der Waals surface area contributed by atoms with Gasteiger partial charge in [0.2, 0.25) is 0 Å². The van der Waals surface area contributed by atoms with Crippen molar-refractivity contribution in [2.75, 3.05) is 19.6 Å². The van der Waals surface area contributed by atoms with Crippen molar-refractivity contribution in [3.8, 4) is 0 Å². The van der Waals surface area contributed by atoms with Gasteiger partial charge in [-0.3, -0.25) is 0 Å². The number of halogens is 1. The second-order valence-electron chi connectivity index (χ2n) is 6.57. The lowest BCUT2D eigenvalue weighted by molar-refractivity contribution is 0.222. The van der Waals surface area contributed by atoms with Crippen LogP contribution in [0.5, 0.6) is 0 Å². The van der Waals surface area contributed by atoms with E-state index in [1.54, 1.807) is 0 Å². The standard InChI is InChI=1S/C18H29ClN2/c1-4-20-18(15-5-7-16(19)8-6-15)11-12-21(13-14(2)3)17-9-10-17/h5-8,14,17-18,20H,4,9-13H2,1-3H3. The minimum Gasteiger partial charge on any atom is -0.310 e. The Kier molecular flexibility index (Phi) is 6.53. The van der Waals surface area contributed by atoms with E-state index in [1.165, 1.54) is 37.9 Å². The van der Waals surface area contributed by atoms with E-state index in [-0.39, 0.29) is 0 Å². The smallest absolute Gasteiger partial charge is 0.0406 e. The summed E-state index contributed by atoms with van der Waals surface area (Å²) < 4.78 is 0. The van der Waals surface area contributed by atoms with Crippen LogP contribution in [0.1, 0.15) is 51.6 Å². The summed E-state index contributed by atoms with van der Waals surface area (Å²) in [6.45, 7) is 10.2. The monoisotopic (exact) mass is 308 g/mol. The molecular formula is C18H29ClN2. The highest BCUT2D eigenvalue weighted by molar-refractivity contribution is 6.30. The molecule has 0 amide bonds. The molecule has 1 aliphatic rings. The fraction of sp³-hybridized carbons (Fsp3) is 0.667. The topological polar surface area (TPSA) is 15.3 Å². The number of nitrogens with zero attached hydrogens (tertiary/aromatic N) is 1. The average Bonchev–Trinajstić information content (AvgIpc) is 3.27. The Bertz CT molecular complexity index is 412. The maximum absolute atomic E-state index is 6.00. The summed E-state index contributed by atoms with van der Waals surface area (Å²) >= 11 is 6.00. The summed E-state index contributed by atoms with van der Waals surface area (Å²) in [5.74, 6) is 0.749. The van der Waals surface area contributed by atoms with E-state index in [4.69, 9.17) is 11.6 Å². The number of nitrogens with one attached hydrogen (secondary N) is 1. The van der Waals surface area contributed by atoms with Crippen molar-refractivity contribution >= 4 is 11.6 Å². The fourth-order valence-electron chi connectivity index (χ4n) is 2.95. The third-order valence-electron chi connectivity index (χ3n) is 4.09. The van der Waals surface area contributed by atoms with Crippen molar-refractivity contribution < 1.29 is 0 Å². The lowest BCUT2D eigenvalue weighted by atomic mass is 10.0. The second kappa shape index (κ2) is 8.17. The van der Waals surface area contributed by atoms with E-state index in [0.717, 1.165) is 23.5 Å². The van der Waals surface area contributed by atoms with Crippen LogP contribution in [0.2, 0.25) is 5.02 Å². The first-order valence-corrected chi connectivity index (χ1v) is 8.70. The van der Waals surface area contributed by atoms with E-state index in [1.807, 2.05) is 12.1 Å². The third-order valence-corrected chi connectivity index (χ3v) is 4.34. The molecule has 2 nitrogen and oxygen atoms in total. The van der Waals surface area contributed by atoms with Crippen LogP contribution in [0.3, 0.4) is 0 Å². The van der Waals surface area contributed by atoms with E-state index in [0.29, 0.717) is 6.04 Å². The summed E-state index contributed by atoms with van der Waals surface area (Å²) in [6, 6.07) is 9.57. The van der Waals surface area contributed by atoms with Crippen molar-refractivity contribution in [3.63, 3.8) is 0 Å². The molecule has 0 heterocycles. The third kappa shape index (κ3) is 5.61. The first-order valence-electron chi connectivity index (χ1n) is 8.33. The molecule has 1 aromatic carbocycles. The maximum atomic E-state index is 6.00. The normalized spacial score (nSPS) is 16.7. The molecule has 1 atom stereocenters. The molecule has 0 aliphatic heterocycles. The fourth-order valence-corrected chi connectivity index (χ4v) is 3.08. The van der Waals surface area contributed by atoms with Crippen molar-refractivity contribution in [2.45, 2.75) is 52.1 Å². The van der Waals surface area contributed by atoms with Crippen LogP contribution in [-0.4, -0.2) is 30.6 Å². The zero-order valence-electron chi connectivity index (χ0n) is 13.6. The van der Waals surface area contributed by atoms with Gasteiger partial charge in [-0.05, 0) is 49.4 Å². The SMILES string of the molecule is CCNC(CCN(CC(C)C)C1CC1)c1ccc(Cl)cc1. The highest BCUT2D eigenvalue weighted by atomic mass is 35.5. The number of benzene rings is 1. The summed E-state index contributed by atoms with van der Waals surface area (Å²) in [4.78, 5) is 2.69. The van der Waals surface area contributed by atoms with Gasteiger partial charge in [-0.15, -0.1) is 0 Å². The molecule has 1 unspecified atom stereocenters. The average molecular weight is 309 g/mol. The van der Waals surface area contributed by atoms with Crippen LogP contribution < -0.4 is 5.32 Å². The Labute approximate surface area is 134 Å². The van der Waals surface area contributed by atoms with Gasteiger partial charge in [-0.1, -0.05) is 44.5 Å². The molecular weight excluding hydrogens is 280 g/mol. The summed E-state index contributed by atoms with van der Waals surface area (Å²) in [5.41, 5.74) is 1.35. The van der Waals surface area contributed by atoms with Crippen molar-refractivity contribution in [1.29, 1.82) is 0 Å². The predicted molar refractivity (Wildman–Crippen MR) is 91.9 cm³/mol. The largest absolute Gasteiger partial charge is 0.310 e. The summed E-state index contributed by atoms with van der Waals surface area (Å²) in [6.07, 6.45) is 3.94. The van der Waals surface area contributed by atoms with Crippen LogP contribution in [0.4, 0.5) is 0 Å². The Hall–Kier alpha value is -0.570. The molecule has 1 fully saturated rings. The van der Waals surface area contributed by atoms with Crippen LogP contribution in [0.15, 0.2) is 24.3 Å². The predicted octanol–water partition coefficient (Wildman–Crippen LogP) is 4.50. The van der Waals surface area contributed by atoms with E-state index < -0.39 is 0 Å². The molecule has 0 bridgehead atoms. The molecule has 0 aromatic heterocycles. The number of hydrogen-bond acceptors (Lipinski definition) is 2. The molecule has 3 heteroatoms. The van der Waals surface area contributed by atoms with E-state index in [9.17, 15) is 0 Å². The first-order chi connectivity index (χ1) is 10.1. The van der Waals surface area contributed by atoms with Gasteiger partial charge in [0.15, 0.2) is 0 Å². The molecule has 1 saturated carbocycles. The van der Waals surface area contributed by atoms with Gasteiger partial charge in [-0.2, -0.15) is 0 Å². The zero-order chi connectivity index (χ0) is 15.2. The van der Waals surface area contributed by atoms with Crippen LogP contribution in [0, 0.1) is 5.92 Å². The highest BCUT2D eigenvalue weighted by Gasteiger charge is 2.29. The van der Waals surface area contributed by atoms with Gasteiger partial charge in [0.25, 0.3) is 0 Å². The minimum absolute atomic E-state index is 0.431. The molecule has 2 rings (SSSR count). The van der Waals surface area contributed by atoms with Crippen molar-refractivity contribution in [1.82, 2.24) is 10.2 Å². The van der Waals surface area contributed by atoms with Crippen molar-refractivity contribution in [2.24, 2.45) is 5.92 Å². The summed E-state index contributed by atoms with van der Waals surface area (Å²) in [7, 11) is 0. The molecule has 1 N–H and O–H groups in total. The number of hydrogen-bond donors (Lipinski definition) is 1. The van der Waals surface area contributed by atoms with Gasteiger partial charge in [0.1, 0.15) is 0 Å². The molecule has 118 valence electrons. The lowest BCUT2D eigenvalue weighted by Gasteiger charge is -2.27. The minimum atomic E-state index is 0.431. The highest BCUT2D eigenvalue weighted by Crippen LogP contribution is 2.29. The van der Waals surface area contributed by atoms with E-state index in [2.05, 4.69) is 43.1 Å². The molecule has 21 heavy (non-hydrogen) atoms. The quantitative estimate of drug-likeness (QED) is 0.722. The van der Waals surface area contributed by atoms with Crippen LogP contribution in [0.25, 0.3) is 0 Å². The van der Waals surface area contributed by atoms with Crippen molar-refractivity contribution in [3.05, 3.63) is 34.9 Å². The van der Waals surface area contributed by atoms with Crippen LogP contribution in [-0.2, 0) is 0 Å².